The number of carbonyl (C=O) groups excluding carboxylic acids is 1. The number of aromatic nitrogens is 1. The Hall–Kier alpha value is -1.86. The summed E-state index contributed by atoms with van der Waals surface area (Å²) in [6.07, 6.45) is 2.15. The van der Waals surface area contributed by atoms with E-state index in [1.165, 1.54) is 16.7 Å². The van der Waals surface area contributed by atoms with Gasteiger partial charge in [-0.15, -0.1) is 0 Å². The fourth-order valence-corrected chi connectivity index (χ4v) is 5.34. The molecule has 1 unspecified atom stereocenters. The van der Waals surface area contributed by atoms with Gasteiger partial charge in [-0.05, 0) is 30.7 Å². The number of nitrogens with zero attached hydrogens (tertiary/aromatic N) is 2. The lowest BCUT2D eigenvalue weighted by molar-refractivity contribution is 0.0743. The maximum atomic E-state index is 12.8. The van der Waals surface area contributed by atoms with Gasteiger partial charge in [-0.3, -0.25) is 4.79 Å². The minimum atomic E-state index is -3.03. The predicted molar refractivity (Wildman–Crippen MR) is 94.0 cm³/mol. The minimum absolute atomic E-state index is 0.0384. The van der Waals surface area contributed by atoms with Crippen LogP contribution in [0.15, 0.2) is 58.6 Å². The van der Waals surface area contributed by atoms with Crippen molar-refractivity contribution in [3.8, 4) is 0 Å². The Kier molecular flexibility index (Phi) is 4.91. The zero-order chi connectivity index (χ0) is 17.2. The normalized spacial score (nSPS) is 19.1. The fraction of sp³-hybridized carbons (Fsp3) is 0.294. The first-order valence-corrected chi connectivity index (χ1v) is 10.3. The van der Waals surface area contributed by atoms with Crippen LogP contribution >= 0.6 is 11.8 Å². The first-order valence-electron chi connectivity index (χ1n) is 7.62. The Bertz CT molecular complexity index is 838. The molecular formula is C17H18N2O3S2. The number of pyridine rings is 1. The van der Waals surface area contributed by atoms with Crippen molar-refractivity contribution in [1.29, 1.82) is 0 Å². The molecule has 0 bridgehead atoms. The highest BCUT2D eigenvalue weighted by molar-refractivity contribution is 7.99. The van der Waals surface area contributed by atoms with Crippen molar-refractivity contribution in [2.75, 3.05) is 18.6 Å². The summed E-state index contributed by atoms with van der Waals surface area (Å²) in [5.74, 6) is -0.00595. The summed E-state index contributed by atoms with van der Waals surface area (Å²) in [7, 11) is -1.37. The summed E-state index contributed by atoms with van der Waals surface area (Å²) >= 11 is 1.43. The summed E-state index contributed by atoms with van der Waals surface area (Å²) in [5.41, 5.74) is 0.498. The molecule has 0 aliphatic carbocycles. The zero-order valence-electron chi connectivity index (χ0n) is 13.3. The Balaban J connectivity index is 1.82. The van der Waals surface area contributed by atoms with Crippen molar-refractivity contribution in [2.24, 2.45) is 0 Å². The van der Waals surface area contributed by atoms with Crippen LogP contribution in [0.4, 0.5) is 0 Å². The molecule has 1 amide bonds. The van der Waals surface area contributed by atoms with E-state index in [4.69, 9.17) is 0 Å². The standard InChI is InChI=1S/C17H18N2O3S2/c1-19(13-9-11-24(21,22)12-13)17(20)15-8-5-10-18-16(15)23-14-6-3-2-4-7-14/h2-8,10,13H,9,11-12H2,1H3. The zero-order valence-corrected chi connectivity index (χ0v) is 14.9. The molecule has 1 fully saturated rings. The fourth-order valence-electron chi connectivity index (χ4n) is 2.67. The second-order valence-electron chi connectivity index (χ2n) is 5.74. The Morgan fingerprint density at radius 3 is 2.62 bits per heavy atom. The molecule has 5 nitrogen and oxygen atoms in total. The van der Waals surface area contributed by atoms with Gasteiger partial charge in [0.1, 0.15) is 5.03 Å². The molecule has 7 heteroatoms. The van der Waals surface area contributed by atoms with Gasteiger partial charge >= 0.3 is 0 Å². The number of benzene rings is 1. The van der Waals surface area contributed by atoms with Crippen molar-refractivity contribution in [3.05, 3.63) is 54.2 Å². The number of amides is 1. The quantitative estimate of drug-likeness (QED) is 0.836. The number of hydrogen-bond acceptors (Lipinski definition) is 5. The topological polar surface area (TPSA) is 67.3 Å². The first kappa shape index (κ1) is 17.0. The van der Waals surface area contributed by atoms with E-state index in [0.717, 1.165) is 4.90 Å². The number of sulfone groups is 1. The van der Waals surface area contributed by atoms with E-state index in [2.05, 4.69) is 4.98 Å². The van der Waals surface area contributed by atoms with Crippen LogP contribution in [0, 0.1) is 0 Å². The summed E-state index contributed by atoms with van der Waals surface area (Å²) in [6.45, 7) is 0. The maximum Gasteiger partial charge on any atom is 0.256 e. The third-order valence-electron chi connectivity index (χ3n) is 4.04. The van der Waals surface area contributed by atoms with Gasteiger partial charge < -0.3 is 4.90 Å². The van der Waals surface area contributed by atoms with E-state index in [1.807, 2.05) is 30.3 Å². The van der Waals surface area contributed by atoms with E-state index in [0.29, 0.717) is 17.0 Å². The van der Waals surface area contributed by atoms with Gasteiger partial charge in [-0.2, -0.15) is 0 Å². The van der Waals surface area contributed by atoms with Crippen molar-refractivity contribution < 1.29 is 13.2 Å². The van der Waals surface area contributed by atoms with Crippen LogP contribution in [0.3, 0.4) is 0 Å². The molecule has 2 heterocycles. The summed E-state index contributed by atoms with van der Waals surface area (Å²) in [5, 5.41) is 0.626. The van der Waals surface area contributed by atoms with Gasteiger partial charge in [0.15, 0.2) is 9.84 Å². The van der Waals surface area contributed by atoms with E-state index in [1.54, 1.807) is 25.4 Å². The molecule has 1 aromatic heterocycles. The molecule has 1 saturated heterocycles. The predicted octanol–water partition coefficient (Wildman–Crippen LogP) is 2.49. The summed E-state index contributed by atoms with van der Waals surface area (Å²) in [4.78, 5) is 19.7. The van der Waals surface area contributed by atoms with E-state index in [9.17, 15) is 13.2 Å². The smallest absolute Gasteiger partial charge is 0.256 e. The molecule has 24 heavy (non-hydrogen) atoms. The van der Waals surface area contributed by atoms with Gasteiger partial charge in [-0.1, -0.05) is 30.0 Å². The van der Waals surface area contributed by atoms with E-state index >= 15 is 0 Å². The van der Waals surface area contributed by atoms with Crippen LogP contribution in [0.1, 0.15) is 16.8 Å². The molecule has 2 aromatic rings. The summed E-state index contributed by atoms with van der Waals surface area (Å²) in [6, 6.07) is 12.9. The SMILES string of the molecule is CN(C(=O)c1cccnc1Sc1ccccc1)C1CCS(=O)(=O)C1. The molecule has 0 spiro atoms. The van der Waals surface area contributed by atoms with Gasteiger partial charge in [0, 0.05) is 24.2 Å². The largest absolute Gasteiger partial charge is 0.338 e. The van der Waals surface area contributed by atoms with Crippen molar-refractivity contribution in [2.45, 2.75) is 22.4 Å². The average molecular weight is 362 g/mol. The third kappa shape index (κ3) is 3.79. The van der Waals surface area contributed by atoms with Crippen LogP contribution in [-0.4, -0.2) is 48.8 Å². The molecule has 3 rings (SSSR count). The van der Waals surface area contributed by atoms with Crippen molar-refractivity contribution in [1.82, 2.24) is 9.88 Å². The van der Waals surface area contributed by atoms with Crippen LogP contribution in [0.2, 0.25) is 0 Å². The second-order valence-corrected chi connectivity index (χ2v) is 9.04. The minimum Gasteiger partial charge on any atom is -0.338 e. The highest BCUT2D eigenvalue weighted by Gasteiger charge is 2.33. The molecule has 1 aliphatic rings. The van der Waals surface area contributed by atoms with Crippen LogP contribution in [-0.2, 0) is 9.84 Å². The number of hydrogen-bond donors (Lipinski definition) is 0. The third-order valence-corrected chi connectivity index (χ3v) is 6.81. The van der Waals surface area contributed by atoms with E-state index < -0.39 is 9.84 Å². The summed E-state index contributed by atoms with van der Waals surface area (Å²) < 4.78 is 23.3. The Morgan fingerprint density at radius 2 is 1.96 bits per heavy atom. The lowest BCUT2D eigenvalue weighted by Gasteiger charge is -2.24. The van der Waals surface area contributed by atoms with Gasteiger partial charge in [-0.25, -0.2) is 13.4 Å². The van der Waals surface area contributed by atoms with Gasteiger partial charge in [0.05, 0.1) is 17.1 Å². The Labute approximate surface area is 146 Å². The van der Waals surface area contributed by atoms with E-state index in [-0.39, 0.29) is 23.5 Å². The molecule has 0 N–H and O–H groups in total. The number of rotatable bonds is 4. The number of carbonyl (C=O) groups is 1. The molecule has 0 saturated carbocycles. The van der Waals surface area contributed by atoms with Gasteiger partial charge in [0.25, 0.3) is 5.91 Å². The second kappa shape index (κ2) is 6.94. The first-order chi connectivity index (χ1) is 11.5. The highest BCUT2D eigenvalue weighted by Crippen LogP contribution is 2.29. The van der Waals surface area contributed by atoms with Crippen LogP contribution < -0.4 is 0 Å². The Morgan fingerprint density at radius 1 is 1.21 bits per heavy atom. The van der Waals surface area contributed by atoms with Crippen LogP contribution in [0.25, 0.3) is 0 Å². The van der Waals surface area contributed by atoms with Crippen molar-refractivity contribution >= 4 is 27.5 Å². The lowest BCUT2D eigenvalue weighted by atomic mass is 10.2. The molecule has 1 aliphatic heterocycles. The average Bonchev–Trinajstić information content (AvgIpc) is 2.95. The monoisotopic (exact) mass is 362 g/mol. The van der Waals surface area contributed by atoms with Crippen LogP contribution in [0.5, 0.6) is 0 Å². The molecule has 126 valence electrons. The molecule has 1 aromatic carbocycles. The van der Waals surface area contributed by atoms with Crippen molar-refractivity contribution in [3.63, 3.8) is 0 Å². The molecular weight excluding hydrogens is 344 g/mol. The maximum absolute atomic E-state index is 12.8. The molecule has 1 atom stereocenters. The highest BCUT2D eigenvalue weighted by atomic mass is 32.2. The molecule has 0 radical (unpaired) electrons. The lowest BCUT2D eigenvalue weighted by Crippen LogP contribution is -2.38. The van der Waals surface area contributed by atoms with Gasteiger partial charge in [0.2, 0.25) is 0 Å².